The summed E-state index contributed by atoms with van der Waals surface area (Å²) in [5.74, 6) is -0.0180. The van der Waals surface area contributed by atoms with Gasteiger partial charge in [0.2, 0.25) is 0 Å². The largest absolute Gasteiger partial charge is 0.336 e. The van der Waals surface area contributed by atoms with Crippen LogP contribution in [0.15, 0.2) is 24.3 Å². The fraction of sp³-hybridized carbons (Fsp3) is 0.467. The zero-order valence-corrected chi connectivity index (χ0v) is 13.1. The summed E-state index contributed by atoms with van der Waals surface area (Å²) in [5.41, 5.74) is 0.625. The van der Waals surface area contributed by atoms with Crippen LogP contribution in [-0.2, 0) is 0 Å². The van der Waals surface area contributed by atoms with E-state index in [4.69, 9.17) is 11.6 Å². The third-order valence-electron chi connectivity index (χ3n) is 3.36. The molecule has 0 spiro atoms. The van der Waals surface area contributed by atoms with Gasteiger partial charge in [-0.25, -0.2) is 4.79 Å². The lowest BCUT2D eigenvalue weighted by Crippen LogP contribution is -2.54. The number of amides is 3. The molecule has 0 atom stereocenters. The Bertz CT molecular complexity index is 508. The van der Waals surface area contributed by atoms with Gasteiger partial charge < -0.3 is 15.1 Å². The van der Waals surface area contributed by atoms with Crippen LogP contribution in [0.1, 0.15) is 24.2 Å². The van der Waals surface area contributed by atoms with Gasteiger partial charge in [0, 0.05) is 42.8 Å². The summed E-state index contributed by atoms with van der Waals surface area (Å²) in [6, 6.07) is 6.92. The molecular formula is C15H20ClN3O2. The summed E-state index contributed by atoms with van der Waals surface area (Å²) < 4.78 is 0. The Kier molecular flexibility index (Phi) is 5.07. The lowest BCUT2D eigenvalue weighted by molar-refractivity contribution is 0.0664. The quantitative estimate of drug-likeness (QED) is 0.910. The number of benzene rings is 1. The van der Waals surface area contributed by atoms with Crippen molar-refractivity contribution >= 4 is 23.5 Å². The predicted molar refractivity (Wildman–Crippen MR) is 82.6 cm³/mol. The standard InChI is InChI=1S/C15H20ClN3O2/c1-11(2)17-15(21)19-9-7-18(8-10-19)14(20)12-3-5-13(16)6-4-12/h3-6,11H,7-10H2,1-2H3,(H,17,21). The van der Waals surface area contributed by atoms with Gasteiger partial charge in [0.05, 0.1) is 0 Å². The lowest BCUT2D eigenvalue weighted by Gasteiger charge is -2.35. The minimum Gasteiger partial charge on any atom is -0.336 e. The molecule has 0 aliphatic carbocycles. The summed E-state index contributed by atoms with van der Waals surface area (Å²) in [6.45, 7) is 6.06. The molecule has 0 radical (unpaired) electrons. The first kappa shape index (κ1) is 15.6. The van der Waals surface area contributed by atoms with E-state index in [1.54, 1.807) is 34.1 Å². The van der Waals surface area contributed by atoms with E-state index in [2.05, 4.69) is 5.32 Å². The van der Waals surface area contributed by atoms with Crippen molar-refractivity contribution in [3.05, 3.63) is 34.9 Å². The predicted octanol–water partition coefficient (Wildman–Crippen LogP) is 2.22. The van der Waals surface area contributed by atoms with Gasteiger partial charge in [-0.1, -0.05) is 11.6 Å². The van der Waals surface area contributed by atoms with E-state index in [0.717, 1.165) is 0 Å². The van der Waals surface area contributed by atoms with Gasteiger partial charge in [0.25, 0.3) is 5.91 Å². The third-order valence-corrected chi connectivity index (χ3v) is 3.61. The summed E-state index contributed by atoms with van der Waals surface area (Å²) in [5, 5.41) is 3.48. The van der Waals surface area contributed by atoms with Crippen molar-refractivity contribution in [2.75, 3.05) is 26.2 Å². The fourth-order valence-electron chi connectivity index (χ4n) is 2.23. The van der Waals surface area contributed by atoms with Gasteiger partial charge in [0.15, 0.2) is 0 Å². The maximum atomic E-state index is 12.3. The average molecular weight is 310 g/mol. The second-order valence-corrected chi connectivity index (χ2v) is 5.83. The molecule has 0 unspecified atom stereocenters. The van der Waals surface area contributed by atoms with E-state index in [1.165, 1.54) is 0 Å². The van der Waals surface area contributed by atoms with Crippen molar-refractivity contribution in [1.29, 1.82) is 0 Å². The SMILES string of the molecule is CC(C)NC(=O)N1CCN(C(=O)c2ccc(Cl)cc2)CC1. The van der Waals surface area contributed by atoms with E-state index in [-0.39, 0.29) is 18.0 Å². The second-order valence-electron chi connectivity index (χ2n) is 5.39. The van der Waals surface area contributed by atoms with Crippen LogP contribution in [-0.4, -0.2) is 54.0 Å². The number of nitrogens with zero attached hydrogens (tertiary/aromatic N) is 2. The first-order valence-corrected chi connectivity index (χ1v) is 7.45. The minimum absolute atomic E-state index is 0.0180. The first-order chi connectivity index (χ1) is 9.97. The molecule has 0 aromatic heterocycles. The van der Waals surface area contributed by atoms with E-state index < -0.39 is 0 Å². The number of halogens is 1. The smallest absolute Gasteiger partial charge is 0.317 e. The molecule has 1 aliphatic heterocycles. The van der Waals surface area contributed by atoms with Gasteiger partial charge in [-0.3, -0.25) is 4.79 Å². The van der Waals surface area contributed by atoms with Gasteiger partial charge in [-0.15, -0.1) is 0 Å². The normalized spacial score (nSPS) is 15.2. The highest BCUT2D eigenvalue weighted by Gasteiger charge is 2.24. The van der Waals surface area contributed by atoms with Crippen LogP contribution < -0.4 is 5.32 Å². The van der Waals surface area contributed by atoms with Crippen LogP contribution in [0.3, 0.4) is 0 Å². The Morgan fingerprint density at radius 1 is 1.05 bits per heavy atom. The van der Waals surface area contributed by atoms with Crippen molar-refractivity contribution in [3.63, 3.8) is 0 Å². The maximum Gasteiger partial charge on any atom is 0.317 e. The Hall–Kier alpha value is -1.75. The molecule has 1 saturated heterocycles. The highest BCUT2D eigenvalue weighted by molar-refractivity contribution is 6.30. The molecule has 1 aromatic carbocycles. The Balaban J connectivity index is 1.90. The van der Waals surface area contributed by atoms with Gasteiger partial charge >= 0.3 is 6.03 Å². The molecule has 114 valence electrons. The van der Waals surface area contributed by atoms with E-state index in [9.17, 15) is 9.59 Å². The molecule has 1 aromatic rings. The molecule has 5 nitrogen and oxygen atoms in total. The zero-order valence-electron chi connectivity index (χ0n) is 12.3. The van der Waals surface area contributed by atoms with Crippen LogP contribution >= 0.6 is 11.6 Å². The number of hydrogen-bond acceptors (Lipinski definition) is 2. The number of urea groups is 1. The molecule has 1 aliphatic rings. The molecule has 0 bridgehead atoms. The summed E-state index contributed by atoms with van der Waals surface area (Å²) in [7, 11) is 0. The monoisotopic (exact) mass is 309 g/mol. The van der Waals surface area contributed by atoms with Crippen LogP contribution in [0.4, 0.5) is 4.79 Å². The molecule has 2 rings (SSSR count). The summed E-state index contributed by atoms with van der Waals surface area (Å²) in [4.78, 5) is 27.7. The second kappa shape index (κ2) is 6.80. The topological polar surface area (TPSA) is 52.7 Å². The van der Waals surface area contributed by atoms with Crippen LogP contribution in [0.25, 0.3) is 0 Å². The minimum atomic E-state index is -0.0661. The zero-order chi connectivity index (χ0) is 15.4. The van der Waals surface area contributed by atoms with Crippen molar-refractivity contribution < 1.29 is 9.59 Å². The summed E-state index contributed by atoms with van der Waals surface area (Å²) in [6.07, 6.45) is 0. The average Bonchev–Trinajstić information content (AvgIpc) is 2.47. The van der Waals surface area contributed by atoms with Crippen molar-refractivity contribution in [2.45, 2.75) is 19.9 Å². The highest BCUT2D eigenvalue weighted by atomic mass is 35.5. The Morgan fingerprint density at radius 2 is 1.57 bits per heavy atom. The van der Waals surface area contributed by atoms with E-state index >= 15 is 0 Å². The number of carbonyl (C=O) groups is 2. The number of carbonyl (C=O) groups excluding carboxylic acids is 2. The third kappa shape index (κ3) is 4.11. The van der Waals surface area contributed by atoms with Gasteiger partial charge in [-0.05, 0) is 38.1 Å². The molecule has 1 heterocycles. The molecule has 21 heavy (non-hydrogen) atoms. The van der Waals surface area contributed by atoms with Crippen LogP contribution in [0.2, 0.25) is 5.02 Å². The molecule has 0 saturated carbocycles. The van der Waals surface area contributed by atoms with E-state index in [0.29, 0.717) is 36.8 Å². The van der Waals surface area contributed by atoms with Crippen LogP contribution in [0, 0.1) is 0 Å². The van der Waals surface area contributed by atoms with Crippen molar-refractivity contribution in [3.8, 4) is 0 Å². The van der Waals surface area contributed by atoms with Gasteiger partial charge in [0.1, 0.15) is 0 Å². The lowest BCUT2D eigenvalue weighted by atomic mass is 10.2. The molecule has 3 amide bonds. The van der Waals surface area contributed by atoms with Gasteiger partial charge in [-0.2, -0.15) is 0 Å². The van der Waals surface area contributed by atoms with Crippen molar-refractivity contribution in [1.82, 2.24) is 15.1 Å². The molecule has 6 heteroatoms. The Labute approximate surface area is 129 Å². The highest BCUT2D eigenvalue weighted by Crippen LogP contribution is 2.13. The molecule has 1 fully saturated rings. The van der Waals surface area contributed by atoms with E-state index in [1.807, 2.05) is 13.8 Å². The number of hydrogen-bond donors (Lipinski definition) is 1. The van der Waals surface area contributed by atoms with Crippen LogP contribution in [0.5, 0.6) is 0 Å². The number of rotatable bonds is 2. The maximum absolute atomic E-state index is 12.3. The number of piperazine rings is 1. The fourth-order valence-corrected chi connectivity index (χ4v) is 2.35. The molecular weight excluding hydrogens is 290 g/mol. The van der Waals surface area contributed by atoms with Crippen molar-refractivity contribution in [2.24, 2.45) is 0 Å². The number of nitrogens with one attached hydrogen (secondary N) is 1. The molecule has 1 N–H and O–H groups in total. The Morgan fingerprint density at radius 3 is 2.10 bits per heavy atom. The summed E-state index contributed by atoms with van der Waals surface area (Å²) >= 11 is 5.82. The first-order valence-electron chi connectivity index (χ1n) is 7.07.